The summed E-state index contributed by atoms with van der Waals surface area (Å²) in [5.41, 5.74) is 0. The summed E-state index contributed by atoms with van der Waals surface area (Å²) in [4.78, 5) is 23.4. The Bertz CT molecular complexity index is 552. The Morgan fingerprint density at radius 1 is 0.880 bits per heavy atom. The Morgan fingerprint density at radius 3 is 2.12 bits per heavy atom. The minimum Gasteiger partial charge on any atom is -0.466 e. The molecule has 1 aromatic carbocycles. The van der Waals surface area contributed by atoms with Crippen molar-refractivity contribution in [2.45, 2.75) is 58.3 Å². The minimum absolute atomic E-state index is 0.0703. The lowest BCUT2D eigenvalue weighted by Crippen LogP contribution is -2.11. The third-order valence-electron chi connectivity index (χ3n) is 3.45. The maximum atomic E-state index is 11.8. The van der Waals surface area contributed by atoms with Gasteiger partial charge in [0, 0.05) is 17.9 Å². The van der Waals surface area contributed by atoms with Gasteiger partial charge < -0.3 is 9.47 Å². The van der Waals surface area contributed by atoms with Gasteiger partial charge in [-0.1, -0.05) is 67.4 Å². The van der Waals surface area contributed by atoms with E-state index in [1.807, 2.05) is 0 Å². The normalized spacial score (nSPS) is 10.6. The zero-order chi connectivity index (χ0) is 18.7. The van der Waals surface area contributed by atoms with Crippen LogP contribution in [0.15, 0.2) is 12.1 Å². The highest BCUT2D eigenvalue weighted by molar-refractivity contribution is 6.40. The van der Waals surface area contributed by atoms with E-state index in [-0.39, 0.29) is 34.6 Å². The van der Waals surface area contributed by atoms with Crippen LogP contribution in [0, 0.1) is 0 Å². The molecule has 0 aliphatic rings. The Morgan fingerprint density at radius 2 is 1.48 bits per heavy atom. The van der Waals surface area contributed by atoms with Crippen molar-refractivity contribution in [2.24, 2.45) is 0 Å². The van der Waals surface area contributed by atoms with Gasteiger partial charge in [-0.15, -0.1) is 0 Å². The van der Waals surface area contributed by atoms with Gasteiger partial charge in [0.1, 0.15) is 0 Å². The fourth-order valence-electron chi connectivity index (χ4n) is 2.13. The minimum atomic E-state index is -0.515. The Kier molecular flexibility index (Phi) is 10.9. The fourth-order valence-corrected chi connectivity index (χ4v) is 3.03. The van der Waals surface area contributed by atoms with Gasteiger partial charge in [0.05, 0.1) is 16.7 Å². The first-order valence-corrected chi connectivity index (χ1v) is 9.58. The van der Waals surface area contributed by atoms with Gasteiger partial charge in [0.25, 0.3) is 0 Å². The molecule has 0 saturated heterocycles. The third kappa shape index (κ3) is 9.34. The zero-order valence-electron chi connectivity index (χ0n) is 14.3. The van der Waals surface area contributed by atoms with E-state index >= 15 is 0 Å². The summed E-state index contributed by atoms with van der Waals surface area (Å²) in [5, 5.41) is 0.675. The number of rotatable bonds is 11. The first-order valence-electron chi connectivity index (χ1n) is 8.45. The molecule has 0 N–H and O–H groups in total. The maximum Gasteiger partial charge on any atom is 0.311 e. The van der Waals surface area contributed by atoms with Crippen LogP contribution in [0.3, 0.4) is 0 Å². The van der Waals surface area contributed by atoms with E-state index in [1.165, 1.54) is 25.0 Å². The smallest absolute Gasteiger partial charge is 0.311 e. The second kappa shape index (κ2) is 12.4. The van der Waals surface area contributed by atoms with Gasteiger partial charge in [0.15, 0.2) is 5.75 Å². The van der Waals surface area contributed by atoms with E-state index < -0.39 is 5.97 Å². The molecule has 0 heterocycles. The molecular weight excluding hydrogens is 387 g/mol. The van der Waals surface area contributed by atoms with E-state index in [0.29, 0.717) is 18.1 Å². The molecule has 7 heteroatoms. The van der Waals surface area contributed by atoms with Crippen molar-refractivity contribution < 1.29 is 19.1 Å². The van der Waals surface area contributed by atoms with Crippen LogP contribution in [-0.2, 0) is 14.3 Å². The summed E-state index contributed by atoms with van der Waals surface area (Å²) >= 11 is 17.7. The van der Waals surface area contributed by atoms with Gasteiger partial charge in [0.2, 0.25) is 0 Å². The monoisotopic (exact) mass is 408 g/mol. The number of ether oxygens (including phenoxy) is 2. The summed E-state index contributed by atoms with van der Waals surface area (Å²) < 4.78 is 10.3. The van der Waals surface area contributed by atoms with Crippen LogP contribution in [0.1, 0.15) is 58.3 Å². The Balaban J connectivity index is 2.21. The molecule has 0 saturated carbocycles. The molecule has 0 bridgehead atoms. The molecule has 0 amide bonds. The van der Waals surface area contributed by atoms with E-state index in [9.17, 15) is 9.59 Å². The molecule has 0 spiro atoms. The van der Waals surface area contributed by atoms with Gasteiger partial charge >= 0.3 is 11.9 Å². The first-order chi connectivity index (χ1) is 11.9. The number of unbranched alkanes of at least 4 members (excludes halogenated alkanes) is 4. The van der Waals surface area contributed by atoms with Crippen molar-refractivity contribution >= 4 is 46.7 Å². The van der Waals surface area contributed by atoms with E-state index in [1.54, 1.807) is 0 Å². The van der Waals surface area contributed by atoms with Gasteiger partial charge in [-0.05, 0) is 25.0 Å². The summed E-state index contributed by atoms with van der Waals surface area (Å²) in [6, 6.07) is 2.88. The predicted molar refractivity (Wildman–Crippen MR) is 101 cm³/mol. The van der Waals surface area contributed by atoms with Crippen LogP contribution < -0.4 is 4.74 Å². The third-order valence-corrected chi connectivity index (χ3v) is 4.23. The molecule has 0 radical (unpaired) electrons. The van der Waals surface area contributed by atoms with Crippen LogP contribution in [0.25, 0.3) is 0 Å². The predicted octanol–water partition coefficient (Wildman–Crippen LogP) is 6.24. The summed E-state index contributed by atoms with van der Waals surface area (Å²) in [6.07, 6.45) is 6.08. The number of hydrogen-bond acceptors (Lipinski definition) is 4. The van der Waals surface area contributed by atoms with Crippen molar-refractivity contribution in [3.8, 4) is 5.75 Å². The van der Waals surface area contributed by atoms with E-state index in [2.05, 4.69) is 6.92 Å². The first kappa shape index (κ1) is 22.1. The molecule has 140 valence electrons. The SMILES string of the molecule is CCCCCCCOC(=O)CCCC(=O)Oc1c(Cl)cc(Cl)cc1Cl. The molecule has 0 aliphatic heterocycles. The van der Waals surface area contributed by atoms with Crippen molar-refractivity contribution in [2.75, 3.05) is 6.61 Å². The largest absolute Gasteiger partial charge is 0.466 e. The molecule has 4 nitrogen and oxygen atoms in total. The number of halogens is 3. The number of carbonyl (C=O) groups is 2. The molecule has 0 atom stereocenters. The van der Waals surface area contributed by atoms with Gasteiger partial charge in [-0.3, -0.25) is 9.59 Å². The lowest BCUT2D eigenvalue weighted by Gasteiger charge is -2.09. The fraction of sp³-hybridized carbons (Fsp3) is 0.556. The second-order valence-corrected chi connectivity index (χ2v) is 6.91. The molecule has 0 aromatic heterocycles. The standard InChI is InChI=1S/C18H23Cl3O4/c1-2-3-4-5-6-10-24-16(22)8-7-9-17(23)25-18-14(20)11-13(19)12-15(18)21/h11-12H,2-10H2,1H3. The molecule has 1 rings (SSSR count). The molecular formula is C18H23Cl3O4. The topological polar surface area (TPSA) is 52.6 Å². The van der Waals surface area contributed by atoms with Crippen LogP contribution in [0.5, 0.6) is 5.75 Å². The average molecular weight is 410 g/mol. The van der Waals surface area contributed by atoms with Crippen LogP contribution in [0.2, 0.25) is 15.1 Å². The van der Waals surface area contributed by atoms with Gasteiger partial charge in [-0.25, -0.2) is 0 Å². The highest BCUT2D eigenvalue weighted by Crippen LogP contribution is 2.36. The van der Waals surface area contributed by atoms with Crippen LogP contribution >= 0.6 is 34.8 Å². The average Bonchev–Trinajstić information content (AvgIpc) is 2.54. The molecule has 1 aromatic rings. The molecule has 0 aliphatic carbocycles. The van der Waals surface area contributed by atoms with Crippen LogP contribution in [-0.4, -0.2) is 18.5 Å². The van der Waals surface area contributed by atoms with Crippen molar-refractivity contribution in [3.05, 3.63) is 27.2 Å². The Labute approximate surface area is 163 Å². The van der Waals surface area contributed by atoms with E-state index in [4.69, 9.17) is 44.3 Å². The number of hydrogen-bond donors (Lipinski definition) is 0. The lowest BCUT2D eigenvalue weighted by atomic mass is 10.2. The van der Waals surface area contributed by atoms with Crippen LogP contribution in [0.4, 0.5) is 0 Å². The summed E-state index contributed by atoms with van der Waals surface area (Å²) in [7, 11) is 0. The van der Waals surface area contributed by atoms with Gasteiger partial charge in [-0.2, -0.15) is 0 Å². The molecule has 0 unspecified atom stereocenters. The number of carbonyl (C=O) groups excluding carboxylic acids is 2. The second-order valence-electron chi connectivity index (χ2n) is 5.66. The maximum absolute atomic E-state index is 11.8. The molecule has 0 fully saturated rings. The van der Waals surface area contributed by atoms with E-state index in [0.717, 1.165) is 19.3 Å². The van der Waals surface area contributed by atoms with Crippen molar-refractivity contribution in [1.29, 1.82) is 0 Å². The highest BCUT2D eigenvalue weighted by atomic mass is 35.5. The van der Waals surface area contributed by atoms with Crippen molar-refractivity contribution in [3.63, 3.8) is 0 Å². The Hall–Kier alpha value is -0.970. The summed E-state index contributed by atoms with van der Waals surface area (Å²) in [6.45, 7) is 2.59. The highest BCUT2D eigenvalue weighted by Gasteiger charge is 2.14. The molecule has 25 heavy (non-hydrogen) atoms. The number of esters is 2. The van der Waals surface area contributed by atoms with Crippen molar-refractivity contribution in [1.82, 2.24) is 0 Å². The number of benzene rings is 1. The summed E-state index contributed by atoms with van der Waals surface area (Å²) in [5.74, 6) is -0.739. The lowest BCUT2D eigenvalue weighted by molar-refractivity contribution is -0.144. The quantitative estimate of drug-likeness (QED) is 0.247. The zero-order valence-corrected chi connectivity index (χ0v) is 16.6.